The first-order chi connectivity index (χ1) is 9.70. The lowest BCUT2D eigenvalue weighted by Crippen LogP contribution is -2.45. The monoisotopic (exact) mass is 314 g/mol. The Morgan fingerprint density at radius 2 is 1.95 bits per heavy atom. The molecule has 1 aromatic carbocycles. The van der Waals surface area contributed by atoms with E-state index in [9.17, 15) is 9.90 Å². The highest BCUT2D eigenvalue weighted by Gasteiger charge is 2.21. The molecule has 6 heteroatoms. The Morgan fingerprint density at radius 3 is 2.48 bits per heavy atom. The number of carbonyl (C=O) groups excluding carboxylic acids is 1. The van der Waals surface area contributed by atoms with Crippen LogP contribution in [0.3, 0.4) is 0 Å². The zero-order valence-corrected chi connectivity index (χ0v) is 13.1. The first-order valence-corrected chi connectivity index (χ1v) is 7.04. The van der Waals surface area contributed by atoms with Gasteiger partial charge in [-0.05, 0) is 24.1 Å². The van der Waals surface area contributed by atoms with E-state index >= 15 is 0 Å². The van der Waals surface area contributed by atoms with Gasteiger partial charge in [0.05, 0.1) is 0 Å². The number of carbonyl (C=O) groups is 1. The number of hydrogen-bond donors (Lipinski definition) is 2. The van der Waals surface area contributed by atoms with E-state index in [1.807, 2.05) is 24.3 Å². The van der Waals surface area contributed by atoms with Crippen LogP contribution < -0.4 is 10.1 Å². The third-order valence-corrected chi connectivity index (χ3v) is 3.52. The van der Waals surface area contributed by atoms with E-state index < -0.39 is 0 Å². The summed E-state index contributed by atoms with van der Waals surface area (Å²) >= 11 is 0. The maximum atomic E-state index is 10.9. The van der Waals surface area contributed by atoms with Gasteiger partial charge in [0.2, 0.25) is 0 Å². The Labute approximate surface area is 131 Å². The maximum Gasteiger partial charge on any atom is 0.308 e. The highest BCUT2D eigenvalue weighted by atomic mass is 35.5. The lowest BCUT2D eigenvalue weighted by molar-refractivity contribution is -0.131. The summed E-state index contributed by atoms with van der Waals surface area (Å²) < 4.78 is 5.04. The second-order valence-electron chi connectivity index (χ2n) is 4.98. The number of aliphatic hydroxyl groups is 1. The van der Waals surface area contributed by atoms with Crippen LogP contribution >= 0.6 is 12.4 Å². The van der Waals surface area contributed by atoms with Crippen molar-refractivity contribution in [2.24, 2.45) is 0 Å². The van der Waals surface area contributed by atoms with Crippen molar-refractivity contribution in [3.63, 3.8) is 0 Å². The first kappa shape index (κ1) is 17.9. The predicted molar refractivity (Wildman–Crippen MR) is 83.9 cm³/mol. The SMILES string of the molecule is CC(=O)Oc1ccc([C@@H](CCO)N2CCNCC2)cc1.Cl. The summed E-state index contributed by atoms with van der Waals surface area (Å²) in [7, 11) is 0. The molecule has 0 bridgehead atoms. The molecule has 0 radical (unpaired) electrons. The Hall–Kier alpha value is -1.14. The smallest absolute Gasteiger partial charge is 0.308 e. The van der Waals surface area contributed by atoms with Crippen LogP contribution in [0.15, 0.2) is 24.3 Å². The first-order valence-electron chi connectivity index (χ1n) is 7.04. The molecule has 1 fully saturated rings. The van der Waals surface area contributed by atoms with Crippen LogP contribution in [0.5, 0.6) is 5.75 Å². The molecule has 0 amide bonds. The fraction of sp³-hybridized carbons (Fsp3) is 0.533. The molecular formula is C15H23ClN2O3. The third kappa shape index (κ3) is 5.28. The second-order valence-corrected chi connectivity index (χ2v) is 4.98. The molecule has 0 aromatic heterocycles. The van der Waals surface area contributed by atoms with Crippen molar-refractivity contribution >= 4 is 18.4 Å². The Balaban J connectivity index is 0.00000220. The molecule has 5 nitrogen and oxygen atoms in total. The van der Waals surface area contributed by atoms with Crippen LogP contribution in [0.1, 0.15) is 24.9 Å². The third-order valence-electron chi connectivity index (χ3n) is 3.52. The van der Waals surface area contributed by atoms with Crippen LogP contribution in [0.2, 0.25) is 0 Å². The number of rotatable bonds is 5. The predicted octanol–water partition coefficient (Wildman–Crippen LogP) is 1.36. The van der Waals surface area contributed by atoms with Crippen LogP contribution in [0.4, 0.5) is 0 Å². The van der Waals surface area contributed by atoms with Crippen molar-refractivity contribution in [1.29, 1.82) is 0 Å². The molecule has 0 unspecified atom stereocenters. The van der Waals surface area contributed by atoms with Crippen molar-refractivity contribution in [3.05, 3.63) is 29.8 Å². The minimum absolute atomic E-state index is 0. The molecule has 2 N–H and O–H groups in total. The number of halogens is 1. The summed E-state index contributed by atoms with van der Waals surface area (Å²) in [5.41, 5.74) is 1.15. The van der Waals surface area contributed by atoms with E-state index in [4.69, 9.17) is 4.74 Å². The van der Waals surface area contributed by atoms with Crippen LogP contribution in [0.25, 0.3) is 0 Å². The summed E-state index contributed by atoms with van der Waals surface area (Å²) in [6.45, 7) is 5.48. The summed E-state index contributed by atoms with van der Waals surface area (Å²) in [6.07, 6.45) is 0.715. The number of aliphatic hydroxyl groups excluding tert-OH is 1. The van der Waals surface area contributed by atoms with Gasteiger partial charge in [0.1, 0.15) is 5.75 Å². The average molecular weight is 315 g/mol. The summed E-state index contributed by atoms with van der Waals surface area (Å²) in [4.78, 5) is 13.3. The molecule has 21 heavy (non-hydrogen) atoms. The van der Waals surface area contributed by atoms with Crippen molar-refractivity contribution in [1.82, 2.24) is 10.2 Å². The molecule has 0 aliphatic carbocycles. The van der Waals surface area contributed by atoms with Gasteiger partial charge >= 0.3 is 5.97 Å². The van der Waals surface area contributed by atoms with E-state index in [1.54, 1.807) is 0 Å². The lowest BCUT2D eigenvalue weighted by Gasteiger charge is -2.35. The molecule has 1 aliphatic heterocycles. The highest BCUT2D eigenvalue weighted by Crippen LogP contribution is 2.26. The van der Waals surface area contributed by atoms with Crippen LogP contribution in [-0.4, -0.2) is 48.8 Å². The zero-order chi connectivity index (χ0) is 14.4. The number of benzene rings is 1. The maximum absolute atomic E-state index is 10.9. The van der Waals surface area contributed by atoms with Gasteiger partial charge in [0, 0.05) is 45.8 Å². The van der Waals surface area contributed by atoms with Gasteiger partial charge in [-0.15, -0.1) is 12.4 Å². The summed E-state index contributed by atoms with van der Waals surface area (Å²) in [5.74, 6) is 0.246. The lowest BCUT2D eigenvalue weighted by atomic mass is 10.0. The number of nitrogens with zero attached hydrogens (tertiary/aromatic N) is 1. The second kappa shape index (κ2) is 9.00. The molecule has 1 atom stereocenters. The van der Waals surface area contributed by atoms with E-state index in [0.29, 0.717) is 12.2 Å². The minimum atomic E-state index is -0.313. The standard InChI is InChI=1S/C15H22N2O3.ClH/c1-12(19)20-14-4-2-13(3-5-14)15(6-11-18)17-9-7-16-8-10-17;/h2-5,15-16,18H,6-11H2,1H3;1H/t15-;/m1./s1. The van der Waals surface area contributed by atoms with Gasteiger partial charge < -0.3 is 15.2 Å². The number of hydrogen-bond acceptors (Lipinski definition) is 5. The van der Waals surface area contributed by atoms with Gasteiger partial charge in [-0.2, -0.15) is 0 Å². The molecule has 118 valence electrons. The number of ether oxygens (including phenoxy) is 1. The van der Waals surface area contributed by atoms with Gasteiger partial charge in [0.25, 0.3) is 0 Å². The molecule has 1 heterocycles. The van der Waals surface area contributed by atoms with Gasteiger partial charge in [-0.3, -0.25) is 9.69 Å². The fourth-order valence-corrected chi connectivity index (χ4v) is 2.60. The Bertz CT molecular complexity index is 433. The number of piperazine rings is 1. The molecule has 0 spiro atoms. The van der Waals surface area contributed by atoms with Crippen molar-refractivity contribution in [2.75, 3.05) is 32.8 Å². The zero-order valence-electron chi connectivity index (χ0n) is 12.2. The quantitative estimate of drug-likeness (QED) is 0.635. The summed E-state index contributed by atoms with van der Waals surface area (Å²) in [6, 6.07) is 7.78. The molecule has 2 rings (SSSR count). The highest BCUT2D eigenvalue weighted by molar-refractivity contribution is 5.85. The van der Waals surface area contributed by atoms with E-state index in [-0.39, 0.29) is 31.0 Å². The van der Waals surface area contributed by atoms with Gasteiger partial charge in [-0.1, -0.05) is 12.1 Å². The number of nitrogens with one attached hydrogen (secondary N) is 1. The molecule has 0 saturated carbocycles. The van der Waals surface area contributed by atoms with E-state index in [0.717, 1.165) is 31.7 Å². The summed E-state index contributed by atoms with van der Waals surface area (Å²) in [5, 5.41) is 12.6. The van der Waals surface area contributed by atoms with Crippen molar-refractivity contribution in [2.45, 2.75) is 19.4 Å². The van der Waals surface area contributed by atoms with E-state index in [1.165, 1.54) is 6.92 Å². The topological polar surface area (TPSA) is 61.8 Å². The van der Waals surface area contributed by atoms with Gasteiger partial charge in [0.15, 0.2) is 0 Å². The molecule has 1 aliphatic rings. The molecular weight excluding hydrogens is 292 g/mol. The molecule has 1 aromatic rings. The molecule has 1 saturated heterocycles. The van der Waals surface area contributed by atoms with E-state index in [2.05, 4.69) is 10.2 Å². The minimum Gasteiger partial charge on any atom is -0.427 e. The van der Waals surface area contributed by atoms with Crippen LogP contribution in [0, 0.1) is 0 Å². The Kier molecular flexibility index (Phi) is 7.67. The fourth-order valence-electron chi connectivity index (χ4n) is 2.60. The largest absolute Gasteiger partial charge is 0.427 e. The normalized spacial score (nSPS) is 16.9. The number of esters is 1. The van der Waals surface area contributed by atoms with Crippen molar-refractivity contribution in [3.8, 4) is 5.75 Å². The Morgan fingerprint density at radius 1 is 1.33 bits per heavy atom. The average Bonchev–Trinajstić information content (AvgIpc) is 2.46. The van der Waals surface area contributed by atoms with Crippen molar-refractivity contribution < 1.29 is 14.6 Å². The van der Waals surface area contributed by atoms with Gasteiger partial charge in [-0.25, -0.2) is 0 Å². The van der Waals surface area contributed by atoms with Crippen LogP contribution in [-0.2, 0) is 4.79 Å².